The fourth-order valence-corrected chi connectivity index (χ4v) is 1.57. The Morgan fingerprint density at radius 1 is 1.42 bits per heavy atom. The molecule has 0 saturated carbocycles. The van der Waals surface area contributed by atoms with Crippen molar-refractivity contribution in [1.29, 1.82) is 0 Å². The van der Waals surface area contributed by atoms with E-state index in [4.69, 9.17) is 10.5 Å². The van der Waals surface area contributed by atoms with Crippen LogP contribution in [0.3, 0.4) is 0 Å². The summed E-state index contributed by atoms with van der Waals surface area (Å²) in [5.41, 5.74) is 6.69. The topological polar surface area (TPSA) is 55.6 Å². The van der Waals surface area contributed by atoms with Crippen LogP contribution >= 0.6 is 12.4 Å². The van der Waals surface area contributed by atoms with Gasteiger partial charge in [0.05, 0.1) is 6.54 Å². The molecule has 108 valence electrons. The van der Waals surface area contributed by atoms with Crippen LogP contribution in [0.5, 0.6) is 5.75 Å². The van der Waals surface area contributed by atoms with Gasteiger partial charge in [-0.1, -0.05) is 18.2 Å². The average Bonchev–Trinajstić information content (AvgIpc) is 2.30. The Morgan fingerprint density at radius 2 is 2.05 bits per heavy atom. The number of aryl methyl sites for hydroxylation is 1. The van der Waals surface area contributed by atoms with E-state index in [1.54, 1.807) is 11.9 Å². The van der Waals surface area contributed by atoms with Crippen molar-refractivity contribution in [2.45, 2.75) is 26.3 Å². The smallest absolute Gasteiger partial charge is 0.223 e. The molecule has 19 heavy (non-hydrogen) atoms. The third-order valence-corrected chi connectivity index (χ3v) is 2.70. The highest BCUT2D eigenvalue weighted by atomic mass is 35.5. The van der Waals surface area contributed by atoms with Crippen LogP contribution in [0.2, 0.25) is 0 Å². The molecule has 0 heterocycles. The number of ether oxygens (including phenoxy) is 1. The number of halogens is 1. The largest absolute Gasteiger partial charge is 0.491 e. The molecule has 1 aromatic carbocycles. The summed E-state index contributed by atoms with van der Waals surface area (Å²) >= 11 is 0. The predicted octanol–water partition coefficient (Wildman–Crippen LogP) is 1.99. The van der Waals surface area contributed by atoms with Crippen molar-refractivity contribution >= 4 is 18.3 Å². The summed E-state index contributed by atoms with van der Waals surface area (Å²) in [4.78, 5) is 13.3. The zero-order valence-electron chi connectivity index (χ0n) is 11.8. The molecule has 0 bridgehead atoms. The van der Waals surface area contributed by atoms with Gasteiger partial charge in [0.2, 0.25) is 5.91 Å². The lowest BCUT2D eigenvalue weighted by Crippen LogP contribution is -2.34. The molecule has 0 aliphatic carbocycles. The molecule has 0 aromatic heterocycles. The van der Waals surface area contributed by atoms with Gasteiger partial charge in [-0.2, -0.15) is 0 Å². The summed E-state index contributed by atoms with van der Waals surface area (Å²) in [5.74, 6) is 0.920. The number of carbonyl (C=O) groups excluding carboxylic acids is 1. The fraction of sp³-hybridized carbons (Fsp3) is 0.500. The molecule has 1 atom stereocenters. The van der Waals surface area contributed by atoms with E-state index < -0.39 is 0 Å². The lowest BCUT2D eigenvalue weighted by atomic mass is 10.2. The number of benzene rings is 1. The average molecular weight is 287 g/mol. The van der Waals surface area contributed by atoms with E-state index in [-0.39, 0.29) is 24.4 Å². The van der Waals surface area contributed by atoms with Gasteiger partial charge in [-0.3, -0.25) is 4.79 Å². The molecule has 1 amide bonds. The van der Waals surface area contributed by atoms with Crippen molar-refractivity contribution in [1.82, 2.24) is 4.90 Å². The van der Waals surface area contributed by atoms with Crippen LogP contribution < -0.4 is 10.5 Å². The minimum absolute atomic E-state index is 0. The molecule has 4 nitrogen and oxygen atoms in total. The highest BCUT2D eigenvalue weighted by Gasteiger charge is 2.10. The quantitative estimate of drug-likeness (QED) is 0.870. The second-order valence-electron chi connectivity index (χ2n) is 4.61. The molecule has 0 saturated heterocycles. The van der Waals surface area contributed by atoms with Gasteiger partial charge in [0.1, 0.15) is 12.4 Å². The second-order valence-corrected chi connectivity index (χ2v) is 4.61. The van der Waals surface area contributed by atoms with Crippen molar-refractivity contribution in [2.24, 2.45) is 5.73 Å². The molecule has 1 aromatic rings. The van der Waals surface area contributed by atoms with Gasteiger partial charge in [0, 0.05) is 19.5 Å². The van der Waals surface area contributed by atoms with Gasteiger partial charge in [0.15, 0.2) is 0 Å². The van der Waals surface area contributed by atoms with E-state index in [0.717, 1.165) is 11.3 Å². The first-order valence-corrected chi connectivity index (χ1v) is 6.18. The first-order valence-electron chi connectivity index (χ1n) is 6.18. The highest BCUT2D eigenvalue weighted by molar-refractivity contribution is 5.85. The van der Waals surface area contributed by atoms with Crippen molar-refractivity contribution in [3.8, 4) is 5.75 Å². The number of likely N-dealkylation sites (N-methyl/N-ethyl adjacent to an activating group) is 1. The van der Waals surface area contributed by atoms with Crippen LogP contribution in [0.1, 0.15) is 18.9 Å². The Labute approximate surface area is 121 Å². The summed E-state index contributed by atoms with van der Waals surface area (Å²) in [6, 6.07) is 7.74. The van der Waals surface area contributed by atoms with Crippen molar-refractivity contribution in [3.05, 3.63) is 29.8 Å². The van der Waals surface area contributed by atoms with E-state index in [2.05, 4.69) is 0 Å². The number of hydrogen-bond acceptors (Lipinski definition) is 3. The monoisotopic (exact) mass is 286 g/mol. The van der Waals surface area contributed by atoms with Crippen LogP contribution in [-0.2, 0) is 4.79 Å². The lowest BCUT2D eigenvalue weighted by molar-refractivity contribution is -0.130. The zero-order valence-corrected chi connectivity index (χ0v) is 12.6. The van der Waals surface area contributed by atoms with Crippen molar-refractivity contribution in [2.75, 3.05) is 20.2 Å². The molecule has 1 rings (SSSR count). The summed E-state index contributed by atoms with van der Waals surface area (Å²) in [7, 11) is 1.77. The maximum atomic E-state index is 11.7. The maximum absolute atomic E-state index is 11.7. The van der Waals surface area contributed by atoms with Crippen LogP contribution in [0.4, 0.5) is 0 Å². The SMILES string of the molecule is Cc1ccccc1OCCN(C)C(=O)CC(C)N.Cl. The van der Waals surface area contributed by atoms with Crippen LogP contribution in [-0.4, -0.2) is 37.0 Å². The van der Waals surface area contributed by atoms with Crippen LogP contribution in [0.25, 0.3) is 0 Å². The molecule has 0 aliphatic heterocycles. The number of amides is 1. The Hall–Kier alpha value is -1.26. The number of carbonyl (C=O) groups is 1. The number of nitrogens with zero attached hydrogens (tertiary/aromatic N) is 1. The van der Waals surface area contributed by atoms with Crippen molar-refractivity contribution < 1.29 is 9.53 Å². The van der Waals surface area contributed by atoms with E-state index in [1.165, 1.54) is 0 Å². The van der Waals surface area contributed by atoms with Crippen LogP contribution in [0, 0.1) is 6.92 Å². The third-order valence-electron chi connectivity index (χ3n) is 2.70. The number of nitrogens with two attached hydrogens (primary N) is 1. The zero-order chi connectivity index (χ0) is 13.5. The van der Waals surface area contributed by atoms with Gasteiger partial charge in [-0.15, -0.1) is 12.4 Å². The van der Waals surface area contributed by atoms with Crippen molar-refractivity contribution in [3.63, 3.8) is 0 Å². The maximum Gasteiger partial charge on any atom is 0.223 e. The van der Waals surface area contributed by atoms with Gasteiger partial charge in [-0.05, 0) is 25.5 Å². The van der Waals surface area contributed by atoms with E-state index >= 15 is 0 Å². The molecule has 2 N–H and O–H groups in total. The van der Waals surface area contributed by atoms with E-state index in [1.807, 2.05) is 38.1 Å². The van der Waals surface area contributed by atoms with Gasteiger partial charge < -0.3 is 15.4 Å². The molecule has 5 heteroatoms. The Balaban J connectivity index is 0.00000324. The first kappa shape index (κ1) is 17.7. The predicted molar refractivity (Wildman–Crippen MR) is 79.8 cm³/mol. The summed E-state index contributed by atoms with van der Waals surface area (Å²) in [5, 5.41) is 0. The van der Waals surface area contributed by atoms with E-state index in [0.29, 0.717) is 19.6 Å². The van der Waals surface area contributed by atoms with Gasteiger partial charge in [-0.25, -0.2) is 0 Å². The summed E-state index contributed by atoms with van der Waals surface area (Å²) < 4.78 is 5.64. The molecular formula is C14H23ClN2O2. The molecule has 1 unspecified atom stereocenters. The van der Waals surface area contributed by atoms with Gasteiger partial charge >= 0.3 is 0 Å². The Morgan fingerprint density at radius 3 is 2.63 bits per heavy atom. The van der Waals surface area contributed by atoms with Gasteiger partial charge in [0.25, 0.3) is 0 Å². The molecule has 0 aliphatic rings. The molecular weight excluding hydrogens is 264 g/mol. The normalized spacial score (nSPS) is 11.4. The molecule has 0 fully saturated rings. The fourth-order valence-electron chi connectivity index (χ4n) is 1.57. The highest BCUT2D eigenvalue weighted by Crippen LogP contribution is 2.15. The van der Waals surface area contributed by atoms with E-state index in [9.17, 15) is 4.79 Å². The molecule has 0 radical (unpaired) electrons. The standard InChI is InChI=1S/C14H22N2O2.ClH/c1-11-6-4-5-7-13(11)18-9-8-16(3)14(17)10-12(2)15;/h4-7,12H,8-10,15H2,1-3H3;1H. The van der Waals surface area contributed by atoms with Crippen LogP contribution in [0.15, 0.2) is 24.3 Å². The Kier molecular flexibility index (Phi) is 8.19. The summed E-state index contributed by atoms with van der Waals surface area (Å²) in [6.07, 6.45) is 0.376. The summed E-state index contributed by atoms with van der Waals surface area (Å²) in [6.45, 7) is 4.89. The number of hydrogen-bond donors (Lipinski definition) is 1. The number of rotatable bonds is 6. The minimum Gasteiger partial charge on any atom is -0.491 e. The first-order chi connectivity index (χ1) is 8.50. The number of para-hydroxylation sites is 1. The Bertz CT molecular complexity index is 397. The minimum atomic E-state index is -0.0998. The molecule has 0 spiro atoms. The second kappa shape index (κ2) is 8.77. The third kappa shape index (κ3) is 6.45. The lowest BCUT2D eigenvalue weighted by Gasteiger charge is -2.19.